The van der Waals surface area contributed by atoms with Crippen LogP contribution in [0.25, 0.3) is 33.0 Å². The van der Waals surface area contributed by atoms with Crippen LogP contribution in [-0.4, -0.2) is 0 Å². The van der Waals surface area contributed by atoms with E-state index in [1.54, 1.807) is 0 Å². The highest BCUT2D eigenvalue weighted by molar-refractivity contribution is 5.97. The van der Waals surface area contributed by atoms with Crippen molar-refractivity contribution in [3.05, 3.63) is 151 Å². The molecular formula is C35H27N. The largest absolute Gasteiger partial charge is 0.311 e. The van der Waals surface area contributed by atoms with Crippen molar-refractivity contribution >= 4 is 27.8 Å². The molecule has 0 aliphatic rings. The van der Waals surface area contributed by atoms with Gasteiger partial charge in [0, 0.05) is 17.1 Å². The maximum atomic E-state index is 2.31. The van der Waals surface area contributed by atoms with E-state index in [1.165, 1.54) is 38.6 Å². The number of hydrogen-bond acceptors (Lipinski definition) is 1. The van der Waals surface area contributed by atoms with Gasteiger partial charge in [0.25, 0.3) is 0 Å². The van der Waals surface area contributed by atoms with Gasteiger partial charge in [0.15, 0.2) is 0 Å². The molecule has 0 aromatic heterocycles. The zero-order chi connectivity index (χ0) is 24.3. The Morgan fingerprint density at radius 2 is 0.889 bits per heavy atom. The first-order valence-electron chi connectivity index (χ1n) is 12.4. The SMILES string of the molecule is Cc1ccc(-c2ccc(N(c3ccccc3)c3ccc(-c4cccc5ccccc45)cc3)cc2)cc1. The Labute approximate surface area is 212 Å². The Morgan fingerprint density at radius 3 is 1.56 bits per heavy atom. The fraction of sp³-hybridized carbons (Fsp3) is 0.0286. The summed E-state index contributed by atoms with van der Waals surface area (Å²) in [6.45, 7) is 2.12. The molecule has 0 unspecified atom stereocenters. The highest BCUT2D eigenvalue weighted by atomic mass is 15.1. The maximum absolute atomic E-state index is 2.31. The van der Waals surface area contributed by atoms with Crippen LogP contribution >= 0.6 is 0 Å². The molecule has 0 aliphatic heterocycles. The van der Waals surface area contributed by atoms with Crippen molar-refractivity contribution in [3.8, 4) is 22.3 Å². The van der Waals surface area contributed by atoms with Crippen LogP contribution in [0.2, 0.25) is 0 Å². The van der Waals surface area contributed by atoms with Crippen molar-refractivity contribution in [3.63, 3.8) is 0 Å². The van der Waals surface area contributed by atoms with E-state index in [4.69, 9.17) is 0 Å². The van der Waals surface area contributed by atoms with Crippen molar-refractivity contribution in [1.82, 2.24) is 0 Å². The van der Waals surface area contributed by atoms with Crippen molar-refractivity contribution in [2.45, 2.75) is 6.92 Å². The molecule has 0 saturated carbocycles. The topological polar surface area (TPSA) is 3.24 Å². The average Bonchev–Trinajstić information content (AvgIpc) is 2.95. The number of rotatable bonds is 5. The number of nitrogens with zero attached hydrogens (tertiary/aromatic N) is 1. The number of anilines is 3. The lowest BCUT2D eigenvalue weighted by Gasteiger charge is -2.26. The summed E-state index contributed by atoms with van der Waals surface area (Å²) in [5.74, 6) is 0. The summed E-state index contributed by atoms with van der Waals surface area (Å²) in [6.07, 6.45) is 0. The van der Waals surface area contributed by atoms with Gasteiger partial charge in [-0.25, -0.2) is 0 Å². The molecule has 36 heavy (non-hydrogen) atoms. The number of fused-ring (bicyclic) bond motifs is 1. The summed E-state index contributed by atoms with van der Waals surface area (Å²) >= 11 is 0. The lowest BCUT2D eigenvalue weighted by Crippen LogP contribution is -2.09. The second kappa shape index (κ2) is 9.56. The summed E-state index contributed by atoms with van der Waals surface area (Å²) in [6, 6.07) is 52.1. The Balaban J connectivity index is 1.38. The average molecular weight is 462 g/mol. The van der Waals surface area contributed by atoms with E-state index in [1.807, 2.05) is 0 Å². The van der Waals surface area contributed by atoms with Gasteiger partial charge in [-0.1, -0.05) is 115 Å². The molecule has 6 aromatic carbocycles. The van der Waals surface area contributed by atoms with Gasteiger partial charge in [-0.15, -0.1) is 0 Å². The van der Waals surface area contributed by atoms with E-state index in [-0.39, 0.29) is 0 Å². The molecule has 0 N–H and O–H groups in total. The Hall–Kier alpha value is -4.62. The number of hydrogen-bond donors (Lipinski definition) is 0. The van der Waals surface area contributed by atoms with Gasteiger partial charge in [-0.3, -0.25) is 0 Å². The molecule has 0 aliphatic carbocycles. The first-order valence-corrected chi connectivity index (χ1v) is 12.4. The summed E-state index contributed by atoms with van der Waals surface area (Å²) in [7, 11) is 0. The number of aryl methyl sites for hydroxylation is 1. The molecule has 0 spiro atoms. The Morgan fingerprint density at radius 1 is 0.389 bits per heavy atom. The van der Waals surface area contributed by atoms with Gasteiger partial charge < -0.3 is 4.90 Å². The third-order valence-corrected chi connectivity index (χ3v) is 6.75. The van der Waals surface area contributed by atoms with Gasteiger partial charge in [0.05, 0.1) is 0 Å². The Bertz CT molecular complexity index is 1590. The zero-order valence-corrected chi connectivity index (χ0v) is 20.3. The van der Waals surface area contributed by atoms with Crippen molar-refractivity contribution < 1.29 is 0 Å². The smallest absolute Gasteiger partial charge is 0.0462 e. The van der Waals surface area contributed by atoms with Crippen molar-refractivity contribution in [2.24, 2.45) is 0 Å². The van der Waals surface area contributed by atoms with Gasteiger partial charge in [-0.2, -0.15) is 0 Å². The highest BCUT2D eigenvalue weighted by Crippen LogP contribution is 2.37. The van der Waals surface area contributed by atoms with Crippen LogP contribution in [0.15, 0.2) is 146 Å². The van der Waals surface area contributed by atoms with E-state index < -0.39 is 0 Å². The molecule has 1 nitrogen and oxygen atoms in total. The minimum Gasteiger partial charge on any atom is -0.311 e. The van der Waals surface area contributed by atoms with E-state index in [9.17, 15) is 0 Å². The van der Waals surface area contributed by atoms with Crippen LogP contribution in [0.5, 0.6) is 0 Å². The second-order valence-electron chi connectivity index (χ2n) is 9.16. The molecule has 0 radical (unpaired) electrons. The normalized spacial score (nSPS) is 10.9. The first-order chi connectivity index (χ1) is 17.8. The third-order valence-electron chi connectivity index (χ3n) is 6.75. The summed E-state index contributed by atoms with van der Waals surface area (Å²) in [5, 5.41) is 2.54. The molecule has 6 aromatic rings. The molecule has 0 saturated heterocycles. The monoisotopic (exact) mass is 461 g/mol. The van der Waals surface area contributed by atoms with Crippen LogP contribution in [-0.2, 0) is 0 Å². The zero-order valence-electron chi connectivity index (χ0n) is 20.3. The molecule has 1 heteroatoms. The molecule has 0 bridgehead atoms. The molecule has 0 atom stereocenters. The summed E-state index contributed by atoms with van der Waals surface area (Å²) < 4.78 is 0. The summed E-state index contributed by atoms with van der Waals surface area (Å²) in [4.78, 5) is 2.31. The lowest BCUT2D eigenvalue weighted by atomic mass is 9.98. The van der Waals surface area contributed by atoms with E-state index >= 15 is 0 Å². The fourth-order valence-corrected chi connectivity index (χ4v) is 4.84. The van der Waals surface area contributed by atoms with Crippen LogP contribution in [0.4, 0.5) is 17.1 Å². The standard InChI is InChI=1S/C35H27N/c1-26-14-16-27(17-15-26)28-18-22-32(23-19-28)36(31-10-3-2-4-11-31)33-24-20-30(21-25-33)35-13-7-9-29-8-5-6-12-34(29)35/h2-25H,1H3. The molecular weight excluding hydrogens is 434 g/mol. The maximum Gasteiger partial charge on any atom is 0.0462 e. The van der Waals surface area contributed by atoms with Gasteiger partial charge in [0.2, 0.25) is 0 Å². The minimum atomic E-state index is 1.13. The van der Waals surface area contributed by atoms with E-state index in [0.717, 1.165) is 17.1 Å². The number of benzene rings is 6. The lowest BCUT2D eigenvalue weighted by molar-refractivity contribution is 1.28. The molecule has 0 heterocycles. The molecule has 6 rings (SSSR count). The van der Waals surface area contributed by atoms with E-state index in [2.05, 4.69) is 157 Å². The molecule has 0 amide bonds. The highest BCUT2D eigenvalue weighted by Gasteiger charge is 2.13. The molecule has 172 valence electrons. The fourth-order valence-electron chi connectivity index (χ4n) is 4.84. The quantitative estimate of drug-likeness (QED) is 0.247. The van der Waals surface area contributed by atoms with E-state index in [0.29, 0.717) is 0 Å². The van der Waals surface area contributed by atoms with Crippen LogP contribution in [0, 0.1) is 6.92 Å². The predicted octanol–water partition coefficient (Wildman–Crippen LogP) is 9.95. The van der Waals surface area contributed by atoms with Crippen molar-refractivity contribution in [1.29, 1.82) is 0 Å². The third kappa shape index (κ3) is 4.28. The van der Waals surface area contributed by atoms with Crippen molar-refractivity contribution in [2.75, 3.05) is 4.90 Å². The Kier molecular flexibility index (Phi) is 5.81. The van der Waals surface area contributed by atoms with Crippen LogP contribution in [0.3, 0.4) is 0 Å². The van der Waals surface area contributed by atoms with Gasteiger partial charge in [0.1, 0.15) is 0 Å². The van der Waals surface area contributed by atoms with Crippen LogP contribution < -0.4 is 4.90 Å². The molecule has 0 fully saturated rings. The predicted molar refractivity (Wildman–Crippen MR) is 154 cm³/mol. The first kappa shape index (κ1) is 21.9. The van der Waals surface area contributed by atoms with Gasteiger partial charge in [-0.05, 0) is 76.3 Å². The second-order valence-corrected chi connectivity index (χ2v) is 9.16. The summed E-state index contributed by atoms with van der Waals surface area (Å²) in [5.41, 5.74) is 9.61. The number of para-hydroxylation sites is 1. The van der Waals surface area contributed by atoms with Gasteiger partial charge >= 0.3 is 0 Å². The van der Waals surface area contributed by atoms with Crippen LogP contribution in [0.1, 0.15) is 5.56 Å². The minimum absolute atomic E-state index is 1.13.